The Labute approximate surface area is 96.4 Å². The summed E-state index contributed by atoms with van der Waals surface area (Å²) in [5, 5.41) is 11.8. The van der Waals surface area contributed by atoms with Gasteiger partial charge in [0.15, 0.2) is 0 Å². The molecule has 0 heterocycles. The van der Waals surface area contributed by atoms with Crippen LogP contribution in [0.4, 0.5) is 0 Å². The smallest absolute Gasteiger partial charge is 0.329 e. The average molecular weight is 227 g/mol. The van der Waals surface area contributed by atoms with Crippen molar-refractivity contribution in [2.75, 3.05) is 0 Å². The van der Waals surface area contributed by atoms with Gasteiger partial charge in [-0.2, -0.15) is 0 Å². The molecule has 4 heteroatoms. The fraction of sp³-hybridized carbons (Fsp3) is 0.833. The monoisotopic (exact) mass is 227 g/mol. The number of carboxylic acids is 1. The molecule has 1 amide bonds. The molecule has 0 radical (unpaired) electrons. The molecule has 0 aromatic heterocycles. The van der Waals surface area contributed by atoms with Crippen LogP contribution in [0.2, 0.25) is 0 Å². The number of carbonyl (C=O) groups excluding carboxylic acids is 1. The highest BCUT2D eigenvalue weighted by atomic mass is 16.4. The van der Waals surface area contributed by atoms with Crippen LogP contribution < -0.4 is 5.32 Å². The van der Waals surface area contributed by atoms with Crippen LogP contribution in [0.15, 0.2) is 0 Å². The second-order valence-corrected chi connectivity index (χ2v) is 6.07. The Morgan fingerprint density at radius 1 is 1.25 bits per heavy atom. The van der Waals surface area contributed by atoms with Gasteiger partial charge in [-0.05, 0) is 31.1 Å². The molecule has 0 bridgehead atoms. The van der Waals surface area contributed by atoms with Crippen molar-refractivity contribution < 1.29 is 14.7 Å². The fourth-order valence-corrected chi connectivity index (χ4v) is 1.81. The van der Waals surface area contributed by atoms with Gasteiger partial charge in [-0.1, -0.05) is 20.8 Å². The molecule has 1 saturated carbocycles. The summed E-state index contributed by atoms with van der Waals surface area (Å²) in [4.78, 5) is 22.9. The van der Waals surface area contributed by atoms with E-state index in [1.165, 1.54) is 0 Å². The lowest BCUT2D eigenvalue weighted by Gasteiger charge is -2.28. The highest BCUT2D eigenvalue weighted by molar-refractivity contribution is 5.87. The summed E-state index contributed by atoms with van der Waals surface area (Å²) in [6.07, 6.45) is 2.12. The van der Waals surface area contributed by atoms with Crippen LogP contribution in [0.1, 0.15) is 47.0 Å². The molecule has 0 aliphatic heterocycles. The average Bonchev–Trinajstić information content (AvgIpc) is 2.80. The maximum Gasteiger partial charge on any atom is 0.329 e. The molecule has 4 nitrogen and oxygen atoms in total. The molecule has 1 aliphatic carbocycles. The quantitative estimate of drug-likeness (QED) is 0.769. The molecule has 1 rings (SSSR count). The van der Waals surface area contributed by atoms with E-state index in [9.17, 15) is 14.7 Å². The zero-order valence-corrected chi connectivity index (χ0v) is 10.5. The first-order chi connectivity index (χ1) is 7.15. The molecule has 1 aliphatic rings. The lowest BCUT2D eigenvalue weighted by molar-refractivity contribution is -0.148. The van der Waals surface area contributed by atoms with E-state index < -0.39 is 11.5 Å². The van der Waals surface area contributed by atoms with Crippen molar-refractivity contribution >= 4 is 11.9 Å². The van der Waals surface area contributed by atoms with Gasteiger partial charge in [0, 0.05) is 6.42 Å². The normalized spacial score (nSPS) is 20.0. The second-order valence-electron chi connectivity index (χ2n) is 6.07. The van der Waals surface area contributed by atoms with Crippen molar-refractivity contribution in [2.45, 2.75) is 52.5 Å². The van der Waals surface area contributed by atoms with Gasteiger partial charge in [-0.15, -0.1) is 0 Å². The Balaban J connectivity index is 2.63. The van der Waals surface area contributed by atoms with Crippen molar-refractivity contribution in [1.29, 1.82) is 0 Å². The second kappa shape index (κ2) is 4.07. The summed E-state index contributed by atoms with van der Waals surface area (Å²) in [7, 11) is 0. The lowest BCUT2D eigenvalue weighted by atomic mass is 9.90. The number of carbonyl (C=O) groups is 2. The lowest BCUT2D eigenvalue weighted by Crippen LogP contribution is -2.54. The zero-order chi connectivity index (χ0) is 12.6. The summed E-state index contributed by atoms with van der Waals surface area (Å²) in [5.41, 5.74) is -1.20. The molecule has 16 heavy (non-hydrogen) atoms. The molecule has 92 valence electrons. The molecule has 0 saturated heterocycles. The first kappa shape index (κ1) is 13.0. The summed E-state index contributed by atoms with van der Waals surface area (Å²) >= 11 is 0. The third-order valence-electron chi connectivity index (χ3n) is 2.93. The Morgan fingerprint density at radius 2 is 1.75 bits per heavy atom. The number of hydrogen-bond donors (Lipinski definition) is 2. The number of rotatable bonds is 4. The minimum Gasteiger partial charge on any atom is -0.480 e. The predicted octanol–water partition coefficient (Wildman–Crippen LogP) is 1.79. The van der Waals surface area contributed by atoms with Crippen molar-refractivity contribution in [3.8, 4) is 0 Å². The standard InChI is InChI=1S/C12H21NO3/c1-11(2,3)7-9(14)13-12(4,10(15)16)8-5-6-8/h8H,5-7H2,1-4H3,(H,13,14)(H,15,16). The molecular formula is C12H21NO3. The molecule has 0 spiro atoms. The minimum absolute atomic E-state index is 0.0916. The SMILES string of the molecule is CC(C)(C)CC(=O)NC(C)(C(=O)O)C1CC1. The summed E-state index contributed by atoms with van der Waals surface area (Å²) in [5.74, 6) is -1.02. The van der Waals surface area contributed by atoms with Crippen molar-refractivity contribution in [2.24, 2.45) is 11.3 Å². The summed E-state index contributed by atoms with van der Waals surface area (Å²) in [6.45, 7) is 7.49. The summed E-state index contributed by atoms with van der Waals surface area (Å²) < 4.78 is 0. The van der Waals surface area contributed by atoms with Crippen molar-refractivity contribution in [3.63, 3.8) is 0 Å². The highest BCUT2D eigenvalue weighted by Gasteiger charge is 2.48. The fourth-order valence-electron chi connectivity index (χ4n) is 1.81. The van der Waals surface area contributed by atoms with Gasteiger partial charge >= 0.3 is 5.97 Å². The van der Waals surface area contributed by atoms with Crippen LogP contribution in [0.3, 0.4) is 0 Å². The van der Waals surface area contributed by atoms with Gasteiger partial charge in [0.2, 0.25) is 5.91 Å². The van der Waals surface area contributed by atoms with Crippen LogP contribution in [0.25, 0.3) is 0 Å². The van der Waals surface area contributed by atoms with Gasteiger partial charge in [0.25, 0.3) is 0 Å². The van der Waals surface area contributed by atoms with Gasteiger partial charge < -0.3 is 10.4 Å². The number of hydrogen-bond acceptors (Lipinski definition) is 2. The van der Waals surface area contributed by atoms with E-state index in [2.05, 4.69) is 5.32 Å². The van der Waals surface area contributed by atoms with Crippen molar-refractivity contribution in [1.82, 2.24) is 5.32 Å². The maximum atomic E-state index is 11.7. The predicted molar refractivity (Wildman–Crippen MR) is 61.0 cm³/mol. The van der Waals surface area contributed by atoms with E-state index in [4.69, 9.17) is 0 Å². The topological polar surface area (TPSA) is 66.4 Å². The Morgan fingerprint density at radius 3 is 2.06 bits per heavy atom. The van der Waals surface area contributed by atoms with E-state index in [0.717, 1.165) is 12.8 Å². The molecular weight excluding hydrogens is 206 g/mol. The Kier molecular flexibility index (Phi) is 3.31. The molecule has 1 fully saturated rings. The molecule has 1 atom stereocenters. The van der Waals surface area contributed by atoms with E-state index in [1.54, 1.807) is 6.92 Å². The number of amides is 1. The van der Waals surface area contributed by atoms with Gasteiger partial charge in [-0.25, -0.2) is 4.79 Å². The number of aliphatic carboxylic acids is 1. The molecule has 0 aromatic carbocycles. The maximum absolute atomic E-state index is 11.7. The van der Waals surface area contributed by atoms with Crippen LogP contribution in [-0.4, -0.2) is 22.5 Å². The van der Waals surface area contributed by atoms with Crippen LogP contribution in [-0.2, 0) is 9.59 Å². The Bertz CT molecular complexity index is 302. The number of carboxylic acid groups (broad SMARTS) is 1. The molecule has 2 N–H and O–H groups in total. The van der Waals surface area contributed by atoms with E-state index in [1.807, 2.05) is 20.8 Å². The third-order valence-corrected chi connectivity index (χ3v) is 2.93. The highest BCUT2D eigenvalue weighted by Crippen LogP contribution is 2.40. The summed E-state index contributed by atoms with van der Waals surface area (Å²) in [6, 6.07) is 0. The van der Waals surface area contributed by atoms with Gasteiger partial charge in [-0.3, -0.25) is 4.79 Å². The van der Waals surface area contributed by atoms with E-state index >= 15 is 0 Å². The first-order valence-corrected chi connectivity index (χ1v) is 5.69. The zero-order valence-electron chi connectivity index (χ0n) is 10.5. The van der Waals surface area contributed by atoms with Gasteiger partial charge in [0.05, 0.1) is 0 Å². The Hall–Kier alpha value is -1.06. The van der Waals surface area contributed by atoms with Crippen LogP contribution >= 0.6 is 0 Å². The van der Waals surface area contributed by atoms with Crippen LogP contribution in [0.5, 0.6) is 0 Å². The van der Waals surface area contributed by atoms with Crippen molar-refractivity contribution in [3.05, 3.63) is 0 Å². The number of nitrogens with one attached hydrogen (secondary N) is 1. The molecule has 0 aromatic rings. The first-order valence-electron chi connectivity index (χ1n) is 5.69. The largest absolute Gasteiger partial charge is 0.480 e. The van der Waals surface area contributed by atoms with E-state index in [0.29, 0.717) is 6.42 Å². The van der Waals surface area contributed by atoms with Gasteiger partial charge in [0.1, 0.15) is 5.54 Å². The molecule has 1 unspecified atom stereocenters. The van der Waals surface area contributed by atoms with E-state index in [-0.39, 0.29) is 17.2 Å². The van der Waals surface area contributed by atoms with Crippen LogP contribution in [0, 0.1) is 11.3 Å². The minimum atomic E-state index is -1.08. The third kappa shape index (κ3) is 3.22.